The van der Waals surface area contributed by atoms with E-state index in [1.807, 2.05) is 0 Å². The zero-order chi connectivity index (χ0) is 14.1. The number of unbranched alkanes of at least 4 members (excludes halogenated alkanes) is 1. The summed E-state index contributed by atoms with van der Waals surface area (Å²) in [6, 6.07) is 0. The van der Waals surface area contributed by atoms with Gasteiger partial charge < -0.3 is 8.97 Å². The van der Waals surface area contributed by atoms with Crippen LogP contribution >= 0.6 is 0 Å². The molecule has 0 radical (unpaired) electrons. The summed E-state index contributed by atoms with van der Waals surface area (Å²) < 4.78 is 2.62. The SMILES string of the molecule is CC[N+](CC)(CC)CCCC[N+](CC)(CC)CC. The molecule has 0 atom stereocenters. The van der Waals surface area contributed by atoms with Crippen LogP contribution < -0.4 is 0 Å². The van der Waals surface area contributed by atoms with Crippen LogP contribution in [0.1, 0.15) is 54.4 Å². The maximum atomic E-state index is 2.34. The van der Waals surface area contributed by atoms with E-state index >= 15 is 0 Å². The van der Waals surface area contributed by atoms with Gasteiger partial charge in [0.1, 0.15) is 0 Å². The second-order valence-corrected chi connectivity index (χ2v) is 5.73. The van der Waals surface area contributed by atoms with E-state index in [0.717, 1.165) is 0 Å². The van der Waals surface area contributed by atoms with E-state index in [2.05, 4.69) is 41.5 Å². The Morgan fingerprint density at radius 3 is 0.833 bits per heavy atom. The molecule has 18 heavy (non-hydrogen) atoms. The summed E-state index contributed by atoms with van der Waals surface area (Å²) in [4.78, 5) is 0. The molecular weight excluding hydrogens is 220 g/mol. The van der Waals surface area contributed by atoms with Gasteiger partial charge in [-0.25, -0.2) is 0 Å². The van der Waals surface area contributed by atoms with Gasteiger partial charge in [-0.2, -0.15) is 0 Å². The lowest BCUT2D eigenvalue weighted by atomic mass is 10.2. The molecule has 0 aliphatic rings. The van der Waals surface area contributed by atoms with Crippen molar-refractivity contribution in [2.45, 2.75) is 54.4 Å². The highest BCUT2D eigenvalue weighted by Gasteiger charge is 2.23. The molecule has 0 unspecified atom stereocenters. The molecule has 0 rings (SSSR count). The zero-order valence-electron chi connectivity index (χ0n) is 14.0. The van der Waals surface area contributed by atoms with Gasteiger partial charge in [-0.1, -0.05) is 0 Å². The van der Waals surface area contributed by atoms with E-state index in [-0.39, 0.29) is 0 Å². The number of nitrogens with zero attached hydrogens (tertiary/aromatic N) is 2. The Morgan fingerprint density at radius 1 is 0.444 bits per heavy atom. The van der Waals surface area contributed by atoms with Gasteiger partial charge in [-0.15, -0.1) is 0 Å². The van der Waals surface area contributed by atoms with Crippen molar-refractivity contribution >= 4 is 0 Å². The van der Waals surface area contributed by atoms with Gasteiger partial charge >= 0.3 is 0 Å². The average molecular weight is 258 g/mol. The van der Waals surface area contributed by atoms with Crippen LogP contribution in [0, 0.1) is 0 Å². The van der Waals surface area contributed by atoms with Crippen molar-refractivity contribution in [3.8, 4) is 0 Å². The van der Waals surface area contributed by atoms with E-state index < -0.39 is 0 Å². The van der Waals surface area contributed by atoms with Crippen LogP contribution in [-0.4, -0.2) is 61.3 Å². The molecule has 0 saturated heterocycles. The van der Waals surface area contributed by atoms with Crippen LogP contribution in [0.15, 0.2) is 0 Å². The molecule has 110 valence electrons. The molecule has 0 bridgehead atoms. The van der Waals surface area contributed by atoms with Crippen molar-refractivity contribution in [3.63, 3.8) is 0 Å². The summed E-state index contributed by atoms with van der Waals surface area (Å²) in [5.41, 5.74) is 0. The fourth-order valence-electron chi connectivity index (χ4n) is 3.18. The highest BCUT2D eigenvalue weighted by Crippen LogP contribution is 2.12. The number of rotatable bonds is 11. The second kappa shape index (κ2) is 8.92. The number of hydrogen-bond donors (Lipinski definition) is 0. The van der Waals surface area contributed by atoms with Crippen molar-refractivity contribution in [1.82, 2.24) is 0 Å². The molecule has 0 heterocycles. The average Bonchev–Trinajstić information content (AvgIpc) is 2.45. The predicted molar refractivity (Wildman–Crippen MR) is 82.7 cm³/mol. The van der Waals surface area contributed by atoms with Gasteiger partial charge in [0.15, 0.2) is 0 Å². The van der Waals surface area contributed by atoms with Crippen molar-refractivity contribution in [3.05, 3.63) is 0 Å². The molecule has 0 aliphatic carbocycles. The third-order valence-electron chi connectivity index (χ3n) is 5.54. The summed E-state index contributed by atoms with van der Waals surface area (Å²) in [6.07, 6.45) is 2.80. The van der Waals surface area contributed by atoms with Gasteiger partial charge in [0.25, 0.3) is 0 Å². The van der Waals surface area contributed by atoms with E-state index in [9.17, 15) is 0 Å². The predicted octanol–water partition coefficient (Wildman–Crippen LogP) is 3.52. The van der Waals surface area contributed by atoms with E-state index in [1.54, 1.807) is 0 Å². The highest BCUT2D eigenvalue weighted by molar-refractivity contribution is 4.45. The Morgan fingerprint density at radius 2 is 0.667 bits per heavy atom. The first-order chi connectivity index (χ1) is 8.57. The third-order valence-corrected chi connectivity index (χ3v) is 5.54. The Hall–Kier alpha value is -0.0800. The molecule has 0 saturated carbocycles. The summed E-state index contributed by atoms with van der Waals surface area (Å²) in [7, 11) is 0. The number of hydrogen-bond acceptors (Lipinski definition) is 0. The van der Waals surface area contributed by atoms with Gasteiger partial charge in [0, 0.05) is 12.8 Å². The van der Waals surface area contributed by atoms with Crippen LogP contribution in [-0.2, 0) is 0 Å². The molecule has 2 nitrogen and oxygen atoms in total. The lowest BCUT2D eigenvalue weighted by Gasteiger charge is -2.38. The van der Waals surface area contributed by atoms with Crippen LogP contribution in [0.5, 0.6) is 0 Å². The van der Waals surface area contributed by atoms with Crippen LogP contribution in [0.2, 0.25) is 0 Å². The Kier molecular flexibility index (Phi) is 8.89. The lowest BCUT2D eigenvalue weighted by Crippen LogP contribution is -2.50. The largest absolute Gasteiger partial charge is 0.324 e. The van der Waals surface area contributed by atoms with Gasteiger partial charge in [-0.05, 0) is 41.5 Å². The molecule has 0 spiro atoms. The van der Waals surface area contributed by atoms with Crippen molar-refractivity contribution in [2.75, 3.05) is 52.4 Å². The summed E-state index contributed by atoms with van der Waals surface area (Å²) >= 11 is 0. The van der Waals surface area contributed by atoms with Gasteiger partial charge in [0.05, 0.1) is 52.4 Å². The Balaban J connectivity index is 4.11. The third kappa shape index (κ3) is 4.89. The number of quaternary nitrogens is 2. The van der Waals surface area contributed by atoms with Crippen LogP contribution in [0.4, 0.5) is 0 Å². The Bertz CT molecular complexity index is 155. The standard InChI is InChI=1S/C16H38N2/c1-7-17(8-2,9-3)15-13-14-16-18(10-4,11-5)12-6/h7-16H2,1-6H3/q+2. The minimum Gasteiger partial charge on any atom is -0.324 e. The van der Waals surface area contributed by atoms with E-state index in [0.29, 0.717) is 0 Å². The summed E-state index contributed by atoms with van der Waals surface area (Å²) in [5, 5.41) is 0. The quantitative estimate of drug-likeness (QED) is 0.393. The molecule has 0 aliphatic heterocycles. The molecule has 0 aromatic rings. The molecule has 0 fully saturated rings. The van der Waals surface area contributed by atoms with Crippen LogP contribution in [0.25, 0.3) is 0 Å². The minimum atomic E-state index is 1.29. The zero-order valence-corrected chi connectivity index (χ0v) is 14.0. The second-order valence-electron chi connectivity index (χ2n) is 5.73. The van der Waals surface area contributed by atoms with Crippen molar-refractivity contribution < 1.29 is 8.97 Å². The first-order valence-corrected chi connectivity index (χ1v) is 8.27. The van der Waals surface area contributed by atoms with E-state index in [4.69, 9.17) is 0 Å². The molecule has 0 aromatic heterocycles. The van der Waals surface area contributed by atoms with E-state index in [1.165, 1.54) is 74.2 Å². The Labute approximate surface area is 116 Å². The highest BCUT2D eigenvalue weighted by atomic mass is 15.3. The molecule has 0 amide bonds. The van der Waals surface area contributed by atoms with Gasteiger partial charge in [0.2, 0.25) is 0 Å². The maximum absolute atomic E-state index is 2.34. The first-order valence-electron chi connectivity index (χ1n) is 8.27. The normalized spacial score (nSPS) is 13.0. The molecule has 0 N–H and O–H groups in total. The first kappa shape index (κ1) is 17.9. The molecule has 2 heteroatoms. The molecular formula is C16H38N2+2. The summed E-state index contributed by atoms with van der Waals surface area (Å²) in [5.74, 6) is 0. The minimum absolute atomic E-state index is 1.29. The van der Waals surface area contributed by atoms with Crippen molar-refractivity contribution in [1.29, 1.82) is 0 Å². The molecule has 0 aromatic carbocycles. The smallest absolute Gasteiger partial charge is 0.0788 e. The van der Waals surface area contributed by atoms with Gasteiger partial charge in [-0.3, -0.25) is 0 Å². The summed E-state index contributed by atoms with van der Waals surface area (Å²) in [6.45, 7) is 24.6. The van der Waals surface area contributed by atoms with Crippen LogP contribution in [0.3, 0.4) is 0 Å². The monoisotopic (exact) mass is 258 g/mol. The van der Waals surface area contributed by atoms with Crippen molar-refractivity contribution in [2.24, 2.45) is 0 Å². The maximum Gasteiger partial charge on any atom is 0.0788 e. The fraction of sp³-hybridized carbons (Fsp3) is 1.00. The topological polar surface area (TPSA) is 0 Å². The fourth-order valence-corrected chi connectivity index (χ4v) is 3.18. The lowest BCUT2D eigenvalue weighted by molar-refractivity contribution is -0.929.